The summed E-state index contributed by atoms with van der Waals surface area (Å²) in [6.07, 6.45) is 1.14. The standard InChI is InChI=1S/C19H19Cl2F2N5S/c20-14-3-1-12(9-15(14)21)11-27-5-7-28(8-6-27)16-4-2-13(17(22)18(16)23)10-25-26-19(24)29/h1-4,9-10H,5-8,11H2,(H3,24,26,29)/b25-10+. The van der Waals surface area contributed by atoms with Gasteiger partial charge in [-0.25, -0.2) is 8.78 Å². The second kappa shape index (κ2) is 9.67. The van der Waals surface area contributed by atoms with Gasteiger partial charge in [-0.1, -0.05) is 29.3 Å². The summed E-state index contributed by atoms with van der Waals surface area (Å²) in [7, 11) is 0. The van der Waals surface area contributed by atoms with E-state index in [1.165, 1.54) is 6.07 Å². The van der Waals surface area contributed by atoms with Gasteiger partial charge < -0.3 is 10.6 Å². The summed E-state index contributed by atoms with van der Waals surface area (Å²) in [5.41, 5.74) is 8.84. The minimum atomic E-state index is -0.964. The van der Waals surface area contributed by atoms with Crippen molar-refractivity contribution in [1.82, 2.24) is 10.3 Å². The number of piperazine rings is 1. The van der Waals surface area contributed by atoms with E-state index in [4.69, 9.17) is 28.9 Å². The summed E-state index contributed by atoms with van der Waals surface area (Å²) in [6, 6.07) is 8.57. The van der Waals surface area contributed by atoms with Crippen molar-refractivity contribution in [2.75, 3.05) is 31.1 Å². The number of thiocarbonyl (C=S) groups is 1. The van der Waals surface area contributed by atoms with Crippen molar-refractivity contribution in [3.05, 3.63) is 63.1 Å². The SMILES string of the molecule is NC(=S)N/N=C/c1ccc(N2CCN(Cc3ccc(Cl)c(Cl)c3)CC2)c(F)c1F. The lowest BCUT2D eigenvalue weighted by Gasteiger charge is -2.36. The molecule has 29 heavy (non-hydrogen) atoms. The highest BCUT2D eigenvalue weighted by Gasteiger charge is 2.22. The van der Waals surface area contributed by atoms with Crippen LogP contribution < -0.4 is 16.1 Å². The fourth-order valence-electron chi connectivity index (χ4n) is 3.11. The number of hydrogen-bond acceptors (Lipinski definition) is 4. The molecule has 0 atom stereocenters. The highest BCUT2D eigenvalue weighted by molar-refractivity contribution is 7.80. The van der Waals surface area contributed by atoms with Crippen molar-refractivity contribution in [3.8, 4) is 0 Å². The van der Waals surface area contributed by atoms with Crippen LogP contribution >= 0.6 is 35.4 Å². The van der Waals surface area contributed by atoms with Gasteiger partial charge in [0.2, 0.25) is 0 Å². The lowest BCUT2D eigenvalue weighted by Crippen LogP contribution is -2.46. The number of hydrogen-bond donors (Lipinski definition) is 2. The van der Waals surface area contributed by atoms with Gasteiger partial charge in [0.25, 0.3) is 0 Å². The van der Waals surface area contributed by atoms with Crippen LogP contribution in [-0.4, -0.2) is 42.4 Å². The van der Waals surface area contributed by atoms with E-state index in [9.17, 15) is 8.78 Å². The van der Waals surface area contributed by atoms with Crippen molar-refractivity contribution in [3.63, 3.8) is 0 Å². The van der Waals surface area contributed by atoms with Crippen LogP contribution in [0.15, 0.2) is 35.4 Å². The molecule has 3 N–H and O–H groups in total. The van der Waals surface area contributed by atoms with Crippen LogP contribution in [0.4, 0.5) is 14.5 Å². The van der Waals surface area contributed by atoms with E-state index >= 15 is 0 Å². The molecule has 0 saturated carbocycles. The Labute approximate surface area is 183 Å². The molecule has 1 aliphatic heterocycles. The Morgan fingerprint density at radius 3 is 2.48 bits per heavy atom. The number of halogens is 4. The number of nitrogens with zero attached hydrogens (tertiary/aromatic N) is 3. The Kier molecular flexibility index (Phi) is 7.23. The molecule has 154 valence electrons. The highest BCUT2D eigenvalue weighted by Crippen LogP contribution is 2.26. The molecule has 1 saturated heterocycles. The van der Waals surface area contributed by atoms with Crippen LogP contribution in [-0.2, 0) is 6.54 Å². The first-order chi connectivity index (χ1) is 13.8. The smallest absolute Gasteiger partial charge is 0.184 e. The highest BCUT2D eigenvalue weighted by atomic mass is 35.5. The summed E-state index contributed by atoms with van der Waals surface area (Å²) in [5.74, 6) is -1.86. The average Bonchev–Trinajstić information content (AvgIpc) is 2.69. The third-order valence-corrected chi connectivity index (χ3v) is 5.40. The Morgan fingerprint density at radius 2 is 1.83 bits per heavy atom. The maximum Gasteiger partial charge on any atom is 0.184 e. The predicted molar refractivity (Wildman–Crippen MR) is 118 cm³/mol. The Bertz CT molecular complexity index is 933. The van der Waals surface area contributed by atoms with Crippen LogP contribution in [0.1, 0.15) is 11.1 Å². The Morgan fingerprint density at radius 1 is 1.10 bits per heavy atom. The normalized spacial score (nSPS) is 15.1. The van der Waals surface area contributed by atoms with Crippen LogP contribution in [0.25, 0.3) is 0 Å². The average molecular weight is 458 g/mol. The number of nitrogens with two attached hydrogens (primary N) is 1. The molecule has 2 aromatic rings. The van der Waals surface area contributed by atoms with Gasteiger partial charge in [-0.15, -0.1) is 0 Å². The van der Waals surface area contributed by atoms with Crippen LogP contribution in [0.2, 0.25) is 10.0 Å². The zero-order chi connectivity index (χ0) is 21.0. The van der Waals surface area contributed by atoms with Crippen LogP contribution in [0.5, 0.6) is 0 Å². The van der Waals surface area contributed by atoms with Gasteiger partial charge in [0.15, 0.2) is 16.7 Å². The van der Waals surface area contributed by atoms with Crippen molar-refractivity contribution in [2.45, 2.75) is 6.54 Å². The summed E-state index contributed by atoms with van der Waals surface area (Å²) >= 11 is 16.6. The molecule has 0 radical (unpaired) electrons. The lowest BCUT2D eigenvalue weighted by molar-refractivity contribution is 0.249. The van der Waals surface area contributed by atoms with Crippen molar-refractivity contribution < 1.29 is 8.78 Å². The van der Waals surface area contributed by atoms with Crippen molar-refractivity contribution in [1.29, 1.82) is 0 Å². The molecule has 1 heterocycles. The van der Waals surface area contributed by atoms with Gasteiger partial charge >= 0.3 is 0 Å². The molecule has 2 aromatic carbocycles. The minimum Gasteiger partial charge on any atom is -0.375 e. The monoisotopic (exact) mass is 457 g/mol. The Hall–Kier alpha value is -2.00. The molecule has 0 aromatic heterocycles. The van der Waals surface area contributed by atoms with Crippen molar-refractivity contribution >= 4 is 52.4 Å². The second-order valence-corrected chi connectivity index (χ2v) is 7.80. The zero-order valence-electron chi connectivity index (χ0n) is 15.3. The molecule has 1 aliphatic rings. The van der Waals surface area contributed by atoms with Gasteiger partial charge in [-0.3, -0.25) is 10.3 Å². The topological polar surface area (TPSA) is 56.9 Å². The molecule has 0 bridgehead atoms. The zero-order valence-corrected chi connectivity index (χ0v) is 17.7. The number of benzene rings is 2. The first-order valence-electron chi connectivity index (χ1n) is 8.83. The summed E-state index contributed by atoms with van der Waals surface area (Å²) < 4.78 is 28.9. The van der Waals surface area contributed by atoms with E-state index in [0.29, 0.717) is 42.8 Å². The number of nitrogens with one attached hydrogen (secondary N) is 1. The lowest BCUT2D eigenvalue weighted by atomic mass is 10.1. The van der Waals surface area contributed by atoms with Gasteiger partial charge in [0, 0.05) is 38.3 Å². The first-order valence-corrected chi connectivity index (χ1v) is 9.99. The van der Waals surface area contributed by atoms with Crippen LogP contribution in [0, 0.1) is 11.6 Å². The van der Waals surface area contributed by atoms with E-state index in [2.05, 4.69) is 27.6 Å². The Balaban J connectivity index is 1.63. The molecular formula is C19H19Cl2F2N5S. The molecule has 0 spiro atoms. The van der Waals surface area contributed by atoms with Crippen molar-refractivity contribution in [2.24, 2.45) is 10.8 Å². The maximum absolute atomic E-state index is 14.6. The second-order valence-electron chi connectivity index (χ2n) is 6.55. The predicted octanol–water partition coefficient (Wildman–Crippen LogP) is 3.76. The summed E-state index contributed by atoms with van der Waals surface area (Å²) in [6.45, 7) is 3.29. The molecular weight excluding hydrogens is 439 g/mol. The van der Waals surface area contributed by atoms with E-state index in [1.807, 2.05) is 17.0 Å². The fraction of sp³-hybridized carbons (Fsp3) is 0.263. The number of hydrazone groups is 1. The van der Waals surface area contributed by atoms with Gasteiger partial charge in [0.1, 0.15) is 0 Å². The molecule has 1 fully saturated rings. The van der Waals surface area contributed by atoms with E-state index in [0.717, 1.165) is 11.8 Å². The van der Waals surface area contributed by atoms with Gasteiger partial charge in [-0.05, 0) is 42.0 Å². The molecule has 5 nitrogen and oxygen atoms in total. The van der Waals surface area contributed by atoms with E-state index in [-0.39, 0.29) is 16.4 Å². The quantitative estimate of drug-likeness (QED) is 0.406. The molecule has 0 amide bonds. The minimum absolute atomic E-state index is 0.00764. The van der Waals surface area contributed by atoms with Gasteiger partial charge in [-0.2, -0.15) is 5.10 Å². The van der Waals surface area contributed by atoms with E-state index in [1.54, 1.807) is 12.1 Å². The fourth-order valence-corrected chi connectivity index (χ4v) is 3.48. The maximum atomic E-state index is 14.6. The van der Waals surface area contributed by atoms with E-state index < -0.39 is 11.6 Å². The van der Waals surface area contributed by atoms with Crippen LogP contribution in [0.3, 0.4) is 0 Å². The molecule has 0 aliphatic carbocycles. The molecule has 0 unspecified atom stereocenters. The first kappa shape index (κ1) is 21.7. The third-order valence-electron chi connectivity index (χ3n) is 4.57. The third kappa shape index (κ3) is 5.54. The summed E-state index contributed by atoms with van der Waals surface area (Å²) in [4.78, 5) is 4.06. The number of rotatable bonds is 5. The summed E-state index contributed by atoms with van der Waals surface area (Å²) in [5, 5.41) is 4.64. The molecule has 10 heteroatoms. The molecule has 3 rings (SSSR count). The largest absolute Gasteiger partial charge is 0.375 e. The van der Waals surface area contributed by atoms with Gasteiger partial charge in [0.05, 0.1) is 21.9 Å². The number of anilines is 1.